The first-order valence-electron chi connectivity index (χ1n) is 9.26. The van der Waals surface area contributed by atoms with Gasteiger partial charge in [0.05, 0.1) is 11.1 Å². The van der Waals surface area contributed by atoms with E-state index in [4.69, 9.17) is 4.74 Å². The van der Waals surface area contributed by atoms with Gasteiger partial charge in [0.2, 0.25) is 0 Å². The zero-order chi connectivity index (χ0) is 25.3. The van der Waals surface area contributed by atoms with E-state index in [1.807, 2.05) is 0 Å². The van der Waals surface area contributed by atoms with E-state index >= 15 is 0 Å². The molecule has 0 fully saturated rings. The molecule has 0 unspecified atom stereocenters. The van der Waals surface area contributed by atoms with Crippen molar-refractivity contribution in [3.8, 4) is 23.0 Å². The molecular formula is C22H11F9O3. The van der Waals surface area contributed by atoms with Crippen LogP contribution in [0.2, 0.25) is 0 Å². The lowest BCUT2D eigenvalue weighted by molar-refractivity contribution is -0.169. The summed E-state index contributed by atoms with van der Waals surface area (Å²) in [5.74, 6) is -2.61. The highest BCUT2D eigenvalue weighted by Gasteiger charge is 2.63. The molecule has 4 rings (SSSR count). The lowest BCUT2D eigenvalue weighted by Gasteiger charge is -2.42. The number of halogens is 9. The van der Waals surface area contributed by atoms with Crippen molar-refractivity contribution in [3.63, 3.8) is 0 Å². The first-order chi connectivity index (χ1) is 15.5. The Kier molecular flexibility index (Phi) is 5.00. The van der Waals surface area contributed by atoms with Gasteiger partial charge in [-0.1, -0.05) is 0 Å². The minimum absolute atomic E-state index is 0.0320. The summed E-state index contributed by atoms with van der Waals surface area (Å²) < 4.78 is 131. The monoisotopic (exact) mass is 494 g/mol. The van der Waals surface area contributed by atoms with Crippen molar-refractivity contribution in [1.82, 2.24) is 0 Å². The SMILES string of the molecule is Oc1ccc2c(c1)C(c1cc(C(F)(F)F)cc(C(F)(F)F)c1)(C(F)(F)F)c1cc(O)ccc1O2. The largest absolute Gasteiger partial charge is 0.508 e. The third-order valence-corrected chi connectivity index (χ3v) is 5.40. The number of hydrogen-bond donors (Lipinski definition) is 2. The van der Waals surface area contributed by atoms with Crippen LogP contribution in [0.25, 0.3) is 0 Å². The highest BCUT2D eigenvalue weighted by molar-refractivity contribution is 5.67. The Labute approximate surface area is 184 Å². The van der Waals surface area contributed by atoms with Gasteiger partial charge in [0.15, 0.2) is 0 Å². The molecule has 34 heavy (non-hydrogen) atoms. The molecule has 3 aromatic carbocycles. The summed E-state index contributed by atoms with van der Waals surface area (Å²) in [7, 11) is 0. The van der Waals surface area contributed by atoms with E-state index in [0.717, 1.165) is 24.3 Å². The lowest BCUT2D eigenvalue weighted by Crippen LogP contribution is -2.46. The number of ether oxygens (including phenoxy) is 1. The molecule has 1 aliphatic heterocycles. The summed E-state index contributed by atoms with van der Waals surface area (Å²) in [5, 5.41) is 19.7. The first-order valence-corrected chi connectivity index (χ1v) is 9.26. The van der Waals surface area contributed by atoms with Crippen LogP contribution in [-0.2, 0) is 17.8 Å². The van der Waals surface area contributed by atoms with Crippen molar-refractivity contribution < 1.29 is 54.5 Å². The third kappa shape index (κ3) is 3.57. The lowest BCUT2D eigenvalue weighted by atomic mass is 9.66. The van der Waals surface area contributed by atoms with E-state index in [1.165, 1.54) is 0 Å². The number of aromatic hydroxyl groups is 2. The molecule has 0 atom stereocenters. The fourth-order valence-corrected chi connectivity index (χ4v) is 4.02. The van der Waals surface area contributed by atoms with Crippen molar-refractivity contribution in [1.29, 1.82) is 0 Å². The maximum Gasteiger partial charge on any atom is 0.416 e. The zero-order valence-corrected chi connectivity index (χ0v) is 16.4. The van der Waals surface area contributed by atoms with Gasteiger partial charge in [0, 0.05) is 11.1 Å². The van der Waals surface area contributed by atoms with Crippen molar-refractivity contribution in [3.05, 3.63) is 82.4 Å². The molecule has 12 heteroatoms. The Morgan fingerprint density at radius 3 is 1.35 bits per heavy atom. The Balaban J connectivity index is 2.24. The number of benzene rings is 3. The fourth-order valence-electron chi connectivity index (χ4n) is 4.02. The second kappa shape index (κ2) is 7.21. The second-order valence-electron chi connectivity index (χ2n) is 7.51. The van der Waals surface area contributed by atoms with Crippen molar-refractivity contribution >= 4 is 0 Å². The van der Waals surface area contributed by atoms with Crippen molar-refractivity contribution in [2.45, 2.75) is 23.9 Å². The summed E-state index contributed by atoms with van der Waals surface area (Å²) in [6.07, 6.45) is -16.4. The van der Waals surface area contributed by atoms with Gasteiger partial charge < -0.3 is 14.9 Å². The summed E-state index contributed by atoms with van der Waals surface area (Å²) in [6, 6.07) is 4.42. The molecule has 0 bridgehead atoms. The molecule has 0 saturated heterocycles. The predicted octanol–water partition coefficient (Wildman–Crippen LogP) is 7.14. The van der Waals surface area contributed by atoms with E-state index in [0.29, 0.717) is 12.1 Å². The molecule has 0 aromatic heterocycles. The highest BCUT2D eigenvalue weighted by atomic mass is 19.4. The van der Waals surface area contributed by atoms with Crippen LogP contribution in [0.5, 0.6) is 23.0 Å². The van der Waals surface area contributed by atoms with Crippen LogP contribution in [0.1, 0.15) is 27.8 Å². The number of fused-ring (bicyclic) bond motifs is 2. The molecule has 2 N–H and O–H groups in total. The van der Waals surface area contributed by atoms with Crippen LogP contribution in [0, 0.1) is 0 Å². The van der Waals surface area contributed by atoms with Gasteiger partial charge in [0.25, 0.3) is 0 Å². The van der Waals surface area contributed by atoms with Crippen LogP contribution in [-0.4, -0.2) is 16.4 Å². The molecule has 3 nitrogen and oxygen atoms in total. The average molecular weight is 494 g/mol. The van der Waals surface area contributed by atoms with Gasteiger partial charge in [0.1, 0.15) is 28.4 Å². The van der Waals surface area contributed by atoms with Crippen LogP contribution in [0.4, 0.5) is 39.5 Å². The number of phenolic OH excluding ortho intramolecular Hbond substituents is 2. The minimum Gasteiger partial charge on any atom is -0.508 e. The Morgan fingerprint density at radius 1 is 0.588 bits per heavy atom. The topological polar surface area (TPSA) is 49.7 Å². The maximum atomic E-state index is 15.0. The Bertz CT molecular complexity index is 1190. The Morgan fingerprint density at radius 2 is 1.00 bits per heavy atom. The van der Waals surface area contributed by atoms with E-state index in [-0.39, 0.29) is 18.2 Å². The number of rotatable bonds is 1. The van der Waals surface area contributed by atoms with Gasteiger partial charge in [-0.25, -0.2) is 0 Å². The van der Waals surface area contributed by atoms with Crippen LogP contribution < -0.4 is 4.74 Å². The molecule has 0 saturated carbocycles. The smallest absolute Gasteiger partial charge is 0.416 e. The van der Waals surface area contributed by atoms with Crippen molar-refractivity contribution in [2.75, 3.05) is 0 Å². The summed E-state index contributed by atoms with van der Waals surface area (Å²) in [6.45, 7) is 0. The molecule has 0 spiro atoms. The molecule has 1 aliphatic rings. The summed E-state index contributed by atoms with van der Waals surface area (Å²) in [4.78, 5) is 0. The molecule has 0 radical (unpaired) electrons. The van der Waals surface area contributed by atoms with Gasteiger partial charge in [-0.3, -0.25) is 0 Å². The van der Waals surface area contributed by atoms with E-state index in [9.17, 15) is 49.7 Å². The van der Waals surface area contributed by atoms with E-state index in [2.05, 4.69) is 0 Å². The standard InChI is InChI=1S/C22H11F9O3/c23-20(24,25)11-5-10(6-12(7-11)21(26,27)28)19(22(29,30)31)15-8-13(32)1-3-17(15)34-18-4-2-14(33)9-16(18)19/h1-9,32-33H. The number of phenols is 2. The van der Waals surface area contributed by atoms with Gasteiger partial charge in [-0.15, -0.1) is 0 Å². The van der Waals surface area contributed by atoms with Crippen molar-refractivity contribution in [2.24, 2.45) is 0 Å². The van der Waals surface area contributed by atoms with Gasteiger partial charge in [-0.05, 0) is 60.2 Å². The van der Waals surface area contributed by atoms with Crippen LogP contribution in [0.3, 0.4) is 0 Å². The summed E-state index contributed by atoms with van der Waals surface area (Å²) in [5.41, 5.74) is -10.9. The fraction of sp³-hybridized carbons (Fsp3) is 0.182. The van der Waals surface area contributed by atoms with Crippen LogP contribution in [0.15, 0.2) is 54.6 Å². The average Bonchev–Trinajstić information content (AvgIpc) is 2.69. The third-order valence-electron chi connectivity index (χ3n) is 5.40. The molecule has 3 aromatic rings. The number of alkyl halides is 9. The normalized spacial score (nSPS) is 15.3. The molecule has 180 valence electrons. The summed E-state index contributed by atoms with van der Waals surface area (Å²) >= 11 is 0. The Hall–Kier alpha value is -3.57. The molecule has 0 aliphatic carbocycles. The first kappa shape index (κ1) is 23.6. The molecular weight excluding hydrogens is 483 g/mol. The number of hydrogen-bond acceptors (Lipinski definition) is 3. The van der Waals surface area contributed by atoms with Gasteiger partial charge >= 0.3 is 18.5 Å². The highest BCUT2D eigenvalue weighted by Crippen LogP contribution is 2.60. The van der Waals surface area contributed by atoms with Crippen LogP contribution >= 0.6 is 0 Å². The zero-order valence-electron chi connectivity index (χ0n) is 16.4. The maximum absolute atomic E-state index is 15.0. The minimum atomic E-state index is -5.56. The predicted molar refractivity (Wildman–Crippen MR) is 98.7 cm³/mol. The van der Waals surface area contributed by atoms with Gasteiger partial charge in [-0.2, -0.15) is 39.5 Å². The molecule has 1 heterocycles. The van der Waals surface area contributed by atoms with E-state index in [1.54, 1.807) is 0 Å². The molecule has 0 amide bonds. The quantitative estimate of drug-likeness (QED) is 0.354. The second-order valence-corrected chi connectivity index (χ2v) is 7.51. The van der Waals surface area contributed by atoms with E-state index < -0.39 is 74.8 Å².